The summed E-state index contributed by atoms with van der Waals surface area (Å²) >= 11 is 1.28. The summed E-state index contributed by atoms with van der Waals surface area (Å²) in [5.74, 6) is 0.188. The van der Waals surface area contributed by atoms with E-state index in [9.17, 15) is 14.4 Å². The molecule has 0 aliphatic rings. The fraction of sp³-hybridized carbons (Fsp3) is 0.105. The van der Waals surface area contributed by atoms with Gasteiger partial charge in [-0.05, 0) is 30.0 Å². The second-order valence-electron chi connectivity index (χ2n) is 5.33. The van der Waals surface area contributed by atoms with Crippen molar-refractivity contribution in [1.82, 2.24) is 9.97 Å². The lowest BCUT2D eigenvalue weighted by Crippen LogP contribution is -2.14. The number of thioether (sulfide) groups is 1. The molecule has 0 spiro atoms. The molecule has 1 heterocycles. The summed E-state index contributed by atoms with van der Waals surface area (Å²) in [4.78, 5) is 18.9. The Morgan fingerprint density at radius 2 is 1.88 bits per heavy atom. The molecular formula is C19H14FN3O2S. The fourth-order valence-electron chi connectivity index (χ4n) is 2.58. The number of nitrogens with one attached hydrogen (secondary N) is 1. The number of methoxy groups -OCH3 is 1. The van der Waals surface area contributed by atoms with E-state index in [1.54, 1.807) is 36.6 Å². The van der Waals surface area contributed by atoms with Crippen LogP contribution in [0.4, 0.5) is 4.39 Å². The maximum absolute atomic E-state index is 13.6. The zero-order valence-corrected chi connectivity index (χ0v) is 14.9. The molecule has 0 fully saturated rings. The third kappa shape index (κ3) is 3.32. The first-order valence-electron chi connectivity index (χ1n) is 7.60. The van der Waals surface area contributed by atoms with E-state index in [1.165, 1.54) is 31.0 Å². The summed E-state index contributed by atoms with van der Waals surface area (Å²) in [7, 11) is 1.52. The Kier molecular flexibility index (Phi) is 5.05. The molecule has 0 bridgehead atoms. The highest BCUT2D eigenvalue weighted by molar-refractivity contribution is 7.98. The van der Waals surface area contributed by atoms with Crippen LogP contribution in [-0.4, -0.2) is 23.3 Å². The molecule has 130 valence electrons. The summed E-state index contributed by atoms with van der Waals surface area (Å²) in [6, 6.07) is 13.2. The van der Waals surface area contributed by atoms with Gasteiger partial charge in [0, 0.05) is 11.1 Å². The van der Waals surface area contributed by atoms with E-state index in [0.29, 0.717) is 27.7 Å². The molecule has 7 heteroatoms. The van der Waals surface area contributed by atoms with Crippen molar-refractivity contribution in [3.05, 3.63) is 64.2 Å². The smallest absolute Gasteiger partial charge is 0.270 e. The van der Waals surface area contributed by atoms with Gasteiger partial charge in [0.05, 0.1) is 12.8 Å². The Morgan fingerprint density at radius 3 is 2.50 bits per heavy atom. The first-order valence-corrected chi connectivity index (χ1v) is 8.82. The van der Waals surface area contributed by atoms with Crippen molar-refractivity contribution in [3.63, 3.8) is 0 Å². The normalized spacial score (nSPS) is 10.4. The van der Waals surface area contributed by atoms with E-state index in [1.807, 2.05) is 6.07 Å². The monoisotopic (exact) mass is 367 g/mol. The summed E-state index contributed by atoms with van der Waals surface area (Å²) in [6.45, 7) is 0. The van der Waals surface area contributed by atoms with E-state index in [-0.39, 0.29) is 11.4 Å². The van der Waals surface area contributed by atoms with Crippen molar-refractivity contribution in [2.75, 3.05) is 13.4 Å². The second-order valence-corrected chi connectivity index (χ2v) is 6.13. The van der Waals surface area contributed by atoms with Gasteiger partial charge in [-0.3, -0.25) is 4.79 Å². The molecule has 5 nitrogen and oxygen atoms in total. The number of nitriles is 1. The van der Waals surface area contributed by atoms with Crippen LogP contribution in [0.2, 0.25) is 0 Å². The lowest BCUT2D eigenvalue weighted by molar-refractivity contribution is 0.415. The lowest BCUT2D eigenvalue weighted by atomic mass is 10.0. The van der Waals surface area contributed by atoms with Gasteiger partial charge in [0.2, 0.25) is 0 Å². The summed E-state index contributed by atoms with van der Waals surface area (Å²) in [6.07, 6.45) is 1.79. The average molecular weight is 367 g/mol. The number of hydrogen-bond acceptors (Lipinski definition) is 5. The predicted octanol–water partition coefficient (Wildman–Crippen LogP) is 3.85. The van der Waals surface area contributed by atoms with Gasteiger partial charge in [-0.1, -0.05) is 36.0 Å². The minimum atomic E-state index is -0.474. The molecule has 0 atom stereocenters. The van der Waals surface area contributed by atoms with Crippen LogP contribution in [0.1, 0.15) is 5.56 Å². The van der Waals surface area contributed by atoms with Gasteiger partial charge in [0.15, 0.2) is 5.16 Å². The van der Waals surface area contributed by atoms with E-state index in [4.69, 9.17) is 4.74 Å². The minimum Gasteiger partial charge on any atom is -0.496 e. The molecule has 0 amide bonds. The maximum Gasteiger partial charge on any atom is 0.270 e. The molecule has 0 unspecified atom stereocenters. The zero-order chi connectivity index (χ0) is 18.7. The van der Waals surface area contributed by atoms with Crippen LogP contribution in [-0.2, 0) is 0 Å². The quantitative estimate of drug-likeness (QED) is 0.560. The number of aromatic amines is 1. The largest absolute Gasteiger partial charge is 0.496 e. The summed E-state index contributed by atoms with van der Waals surface area (Å²) < 4.78 is 18.9. The van der Waals surface area contributed by atoms with E-state index in [0.717, 1.165) is 5.56 Å². The number of ether oxygens (including phenoxy) is 1. The Morgan fingerprint density at radius 1 is 1.19 bits per heavy atom. The molecule has 1 aromatic heterocycles. The molecule has 0 saturated carbocycles. The number of hydrogen-bond donors (Lipinski definition) is 1. The highest BCUT2D eigenvalue weighted by Gasteiger charge is 2.14. The first-order chi connectivity index (χ1) is 12.6. The summed E-state index contributed by atoms with van der Waals surface area (Å²) in [5, 5.41) is 9.71. The van der Waals surface area contributed by atoms with Crippen molar-refractivity contribution < 1.29 is 9.13 Å². The Hall–Kier alpha value is -3.11. The molecule has 1 N–H and O–H groups in total. The highest BCUT2D eigenvalue weighted by Crippen LogP contribution is 2.32. The van der Waals surface area contributed by atoms with Crippen LogP contribution in [0.3, 0.4) is 0 Å². The molecule has 26 heavy (non-hydrogen) atoms. The van der Waals surface area contributed by atoms with Gasteiger partial charge in [0.1, 0.15) is 23.2 Å². The molecule has 2 aromatic carbocycles. The average Bonchev–Trinajstić information content (AvgIpc) is 2.67. The molecular weight excluding hydrogens is 353 g/mol. The van der Waals surface area contributed by atoms with Crippen LogP contribution >= 0.6 is 11.8 Å². The standard InChI is InChI=1S/C19H14FN3O2S/c1-25-16-8-7-13(20)9-14(16)11-3-5-12(6-4-11)17-15(10-21)18(24)23-19(22-17)26-2/h3-9H,1-2H3,(H,22,23,24). The van der Waals surface area contributed by atoms with Crippen LogP contribution in [0, 0.1) is 17.1 Å². The molecule has 3 rings (SSSR count). The SMILES string of the molecule is COc1ccc(F)cc1-c1ccc(-c2nc(SC)[nH]c(=O)c2C#N)cc1. The zero-order valence-electron chi connectivity index (χ0n) is 14.0. The van der Waals surface area contributed by atoms with Gasteiger partial charge in [0.25, 0.3) is 5.56 Å². The van der Waals surface area contributed by atoms with Gasteiger partial charge in [-0.25, -0.2) is 9.37 Å². The number of nitrogens with zero attached hydrogens (tertiary/aromatic N) is 2. The topological polar surface area (TPSA) is 78.8 Å². The molecule has 0 radical (unpaired) electrons. The fourth-order valence-corrected chi connectivity index (χ4v) is 2.95. The number of aromatic nitrogens is 2. The van der Waals surface area contributed by atoms with E-state index < -0.39 is 5.56 Å². The Balaban J connectivity index is 2.10. The van der Waals surface area contributed by atoms with Crippen molar-refractivity contribution in [2.45, 2.75) is 5.16 Å². The van der Waals surface area contributed by atoms with Crippen molar-refractivity contribution in [3.8, 4) is 34.2 Å². The lowest BCUT2D eigenvalue weighted by Gasteiger charge is -2.10. The summed E-state index contributed by atoms with van der Waals surface area (Å²) in [5.41, 5.74) is 1.79. The number of H-pyrrole nitrogens is 1. The first kappa shape index (κ1) is 17.7. The Bertz CT molecular complexity index is 1060. The van der Waals surface area contributed by atoms with Gasteiger partial charge in [-0.15, -0.1) is 0 Å². The van der Waals surface area contributed by atoms with Gasteiger partial charge in [-0.2, -0.15) is 5.26 Å². The van der Waals surface area contributed by atoms with Crippen LogP contribution < -0.4 is 10.3 Å². The molecule has 0 saturated heterocycles. The Labute approximate surface area is 153 Å². The van der Waals surface area contributed by atoms with Gasteiger partial charge < -0.3 is 9.72 Å². The van der Waals surface area contributed by atoms with Crippen LogP contribution in [0.15, 0.2) is 52.4 Å². The van der Waals surface area contributed by atoms with Crippen molar-refractivity contribution in [1.29, 1.82) is 5.26 Å². The van der Waals surface area contributed by atoms with Crippen molar-refractivity contribution in [2.24, 2.45) is 0 Å². The van der Waals surface area contributed by atoms with Crippen LogP contribution in [0.25, 0.3) is 22.4 Å². The third-order valence-electron chi connectivity index (χ3n) is 3.83. The van der Waals surface area contributed by atoms with E-state index in [2.05, 4.69) is 9.97 Å². The maximum atomic E-state index is 13.6. The van der Waals surface area contributed by atoms with Crippen LogP contribution in [0.5, 0.6) is 5.75 Å². The molecule has 0 aliphatic carbocycles. The highest BCUT2D eigenvalue weighted by atomic mass is 32.2. The van der Waals surface area contributed by atoms with Gasteiger partial charge >= 0.3 is 0 Å². The molecule has 3 aromatic rings. The van der Waals surface area contributed by atoms with E-state index >= 15 is 0 Å². The molecule has 0 aliphatic heterocycles. The predicted molar refractivity (Wildman–Crippen MR) is 98.7 cm³/mol. The number of halogens is 1. The third-order valence-corrected chi connectivity index (χ3v) is 4.41. The van der Waals surface area contributed by atoms with Crippen molar-refractivity contribution >= 4 is 11.8 Å². The number of rotatable bonds is 4. The second kappa shape index (κ2) is 7.42. The minimum absolute atomic E-state index is 0.0427. The number of benzene rings is 2.